The summed E-state index contributed by atoms with van der Waals surface area (Å²) >= 11 is 0. The molecule has 26 heavy (non-hydrogen) atoms. The van der Waals surface area contributed by atoms with Gasteiger partial charge in [0.25, 0.3) is 0 Å². The van der Waals surface area contributed by atoms with Gasteiger partial charge in [-0.05, 0) is 24.6 Å². The van der Waals surface area contributed by atoms with Crippen molar-refractivity contribution in [2.24, 2.45) is 7.05 Å². The molecule has 138 valence electrons. The lowest BCUT2D eigenvalue weighted by molar-refractivity contribution is -0.141. The zero-order valence-electron chi connectivity index (χ0n) is 14.2. The molecular weight excluding hydrogens is 369 g/mol. The number of halogens is 3. The van der Waals surface area contributed by atoms with Gasteiger partial charge >= 0.3 is 6.18 Å². The van der Waals surface area contributed by atoms with Crippen LogP contribution in [0.15, 0.2) is 29.4 Å². The Hall–Kier alpha value is -2.49. The van der Waals surface area contributed by atoms with Gasteiger partial charge in [-0.1, -0.05) is 6.92 Å². The summed E-state index contributed by atoms with van der Waals surface area (Å²) in [7, 11) is -2.32. The number of aryl methyl sites for hydroxylation is 2. The molecule has 3 aromatic rings. The van der Waals surface area contributed by atoms with Gasteiger partial charge in [0.05, 0.1) is 16.2 Å². The van der Waals surface area contributed by atoms with E-state index in [0.29, 0.717) is 17.2 Å². The Bertz CT molecular complexity index is 1100. The predicted molar refractivity (Wildman–Crippen MR) is 89.2 cm³/mol. The zero-order valence-corrected chi connectivity index (χ0v) is 15.0. The molecule has 3 aromatic heterocycles. The summed E-state index contributed by atoms with van der Waals surface area (Å²) < 4.78 is 65.3. The Morgan fingerprint density at radius 1 is 1.15 bits per heavy atom. The minimum absolute atomic E-state index is 0.0120. The van der Waals surface area contributed by atoms with Crippen LogP contribution in [0.1, 0.15) is 18.2 Å². The number of imidazole rings is 1. The van der Waals surface area contributed by atoms with Gasteiger partial charge in [0.2, 0.25) is 0 Å². The molecular formula is C16H15F3N4O2S. The van der Waals surface area contributed by atoms with Gasteiger partial charge in [-0.2, -0.15) is 13.2 Å². The van der Waals surface area contributed by atoms with Crippen LogP contribution >= 0.6 is 0 Å². The van der Waals surface area contributed by atoms with E-state index < -0.39 is 26.6 Å². The number of pyridine rings is 2. The molecule has 0 aromatic carbocycles. The van der Waals surface area contributed by atoms with Gasteiger partial charge in [-0.3, -0.25) is 4.98 Å². The van der Waals surface area contributed by atoms with E-state index in [0.717, 1.165) is 11.8 Å². The Kier molecular flexibility index (Phi) is 4.26. The summed E-state index contributed by atoms with van der Waals surface area (Å²) in [5.41, 5.74) is 0.612. The molecule has 0 atom stereocenters. The lowest BCUT2D eigenvalue weighted by Crippen LogP contribution is -2.13. The first kappa shape index (κ1) is 18.3. The number of sulfone groups is 1. The highest BCUT2D eigenvalue weighted by Gasteiger charge is 2.35. The molecule has 0 unspecified atom stereocenters. The summed E-state index contributed by atoms with van der Waals surface area (Å²) in [6, 6.07) is 2.32. The minimum Gasteiger partial charge on any atom is -0.312 e. The van der Waals surface area contributed by atoms with Crippen molar-refractivity contribution in [2.75, 3.05) is 5.75 Å². The Balaban J connectivity index is 2.33. The van der Waals surface area contributed by atoms with Crippen LogP contribution in [0.3, 0.4) is 0 Å². The number of hydrogen-bond donors (Lipinski definition) is 0. The molecule has 0 N–H and O–H groups in total. The fraction of sp³-hybridized carbons (Fsp3) is 0.312. The maximum Gasteiger partial charge on any atom is 0.433 e. The third kappa shape index (κ3) is 3.05. The van der Waals surface area contributed by atoms with Gasteiger partial charge in [0.15, 0.2) is 15.5 Å². The van der Waals surface area contributed by atoms with Crippen molar-refractivity contribution in [3.8, 4) is 11.4 Å². The third-order valence-electron chi connectivity index (χ3n) is 3.96. The normalized spacial score (nSPS) is 12.7. The summed E-state index contributed by atoms with van der Waals surface area (Å²) in [5, 5.41) is 0. The molecule has 3 heterocycles. The van der Waals surface area contributed by atoms with Gasteiger partial charge in [-0.15, -0.1) is 0 Å². The molecule has 0 aliphatic carbocycles. The molecule has 0 saturated heterocycles. The van der Waals surface area contributed by atoms with Crippen LogP contribution < -0.4 is 0 Å². The van der Waals surface area contributed by atoms with Crippen molar-refractivity contribution in [2.45, 2.75) is 24.9 Å². The van der Waals surface area contributed by atoms with Crippen molar-refractivity contribution in [1.82, 2.24) is 19.5 Å². The smallest absolute Gasteiger partial charge is 0.312 e. The van der Waals surface area contributed by atoms with Crippen LogP contribution in [0.2, 0.25) is 0 Å². The van der Waals surface area contributed by atoms with Crippen LogP contribution in [0.5, 0.6) is 0 Å². The first-order valence-electron chi connectivity index (χ1n) is 7.64. The SMILES string of the molecule is CCS(=O)(=O)c1cc(C(F)(F)F)ncc1-c1nc2cc(C)cnc2n1C. The van der Waals surface area contributed by atoms with E-state index in [4.69, 9.17) is 0 Å². The van der Waals surface area contributed by atoms with E-state index in [1.807, 2.05) is 6.92 Å². The molecule has 0 radical (unpaired) electrons. The topological polar surface area (TPSA) is 77.7 Å². The summed E-state index contributed by atoms with van der Waals surface area (Å²) in [6.45, 7) is 3.19. The second kappa shape index (κ2) is 6.04. The molecule has 0 aliphatic rings. The monoisotopic (exact) mass is 384 g/mol. The first-order valence-corrected chi connectivity index (χ1v) is 9.29. The summed E-state index contributed by atoms with van der Waals surface area (Å²) in [6.07, 6.45) is -2.22. The first-order chi connectivity index (χ1) is 12.0. The standard InChI is InChI=1S/C16H15F3N4O2S/c1-4-26(24,25)12-6-13(16(17,18)19)20-8-10(12)14-22-11-5-9(2)7-21-15(11)23(14)3/h5-8H,4H2,1-3H3. The zero-order chi connectivity index (χ0) is 19.3. The van der Waals surface area contributed by atoms with Crippen molar-refractivity contribution in [3.63, 3.8) is 0 Å². The van der Waals surface area contributed by atoms with Gasteiger partial charge < -0.3 is 4.57 Å². The minimum atomic E-state index is -4.75. The molecule has 0 amide bonds. The van der Waals surface area contributed by atoms with Crippen LogP contribution in [-0.4, -0.2) is 33.7 Å². The largest absolute Gasteiger partial charge is 0.433 e. The van der Waals surface area contributed by atoms with Crippen molar-refractivity contribution < 1.29 is 21.6 Å². The van der Waals surface area contributed by atoms with E-state index in [-0.39, 0.29) is 17.1 Å². The molecule has 3 rings (SSSR count). The van der Waals surface area contributed by atoms with E-state index in [1.54, 1.807) is 19.3 Å². The predicted octanol–water partition coefficient (Wildman–Crippen LogP) is 3.15. The molecule has 0 saturated carbocycles. The van der Waals surface area contributed by atoms with Crippen molar-refractivity contribution in [3.05, 3.63) is 35.8 Å². The molecule has 0 spiro atoms. The Labute approximate surface area is 147 Å². The van der Waals surface area contributed by atoms with E-state index >= 15 is 0 Å². The average Bonchev–Trinajstić information content (AvgIpc) is 2.89. The highest BCUT2D eigenvalue weighted by Crippen LogP contribution is 2.34. The quantitative estimate of drug-likeness (QED) is 0.693. The van der Waals surface area contributed by atoms with Crippen LogP contribution in [0, 0.1) is 6.92 Å². The molecule has 6 nitrogen and oxygen atoms in total. The fourth-order valence-corrected chi connectivity index (χ4v) is 3.67. The average molecular weight is 384 g/mol. The van der Waals surface area contributed by atoms with E-state index in [9.17, 15) is 21.6 Å². The second-order valence-electron chi connectivity index (χ2n) is 5.82. The molecule has 0 fully saturated rings. The molecule has 10 heteroatoms. The van der Waals surface area contributed by atoms with Crippen molar-refractivity contribution in [1.29, 1.82) is 0 Å². The third-order valence-corrected chi connectivity index (χ3v) is 5.73. The maximum absolute atomic E-state index is 13.0. The second-order valence-corrected chi connectivity index (χ2v) is 8.06. The van der Waals surface area contributed by atoms with Crippen molar-refractivity contribution >= 4 is 21.0 Å². The lowest BCUT2D eigenvalue weighted by Gasteiger charge is -2.12. The van der Waals surface area contributed by atoms with E-state index in [2.05, 4.69) is 15.0 Å². The fourth-order valence-electron chi connectivity index (χ4n) is 2.59. The number of fused-ring (bicyclic) bond motifs is 1. The number of rotatable bonds is 3. The van der Waals surface area contributed by atoms with Crippen LogP contribution in [-0.2, 0) is 23.1 Å². The lowest BCUT2D eigenvalue weighted by atomic mass is 10.2. The van der Waals surface area contributed by atoms with Crippen LogP contribution in [0.25, 0.3) is 22.6 Å². The Morgan fingerprint density at radius 3 is 2.46 bits per heavy atom. The summed E-state index contributed by atoms with van der Waals surface area (Å²) in [4.78, 5) is 11.6. The van der Waals surface area contributed by atoms with Gasteiger partial charge in [0, 0.05) is 19.4 Å². The highest BCUT2D eigenvalue weighted by molar-refractivity contribution is 7.91. The number of hydrogen-bond acceptors (Lipinski definition) is 5. The summed E-state index contributed by atoms with van der Waals surface area (Å²) in [5.74, 6) is -0.158. The van der Waals surface area contributed by atoms with E-state index in [1.165, 1.54) is 11.5 Å². The Morgan fingerprint density at radius 2 is 1.85 bits per heavy atom. The van der Waals surface area contributed by atoms with Crippen LogP contribution in [0.4, 0.5) is 13.2 Å². The highest BCUT2D eigenvalue weighted by atomic mass is 32.2. The maximum atomic E-state index is 13.0. The number of alkyl halides is 3. The number of nitrogens with zero attached hydrogens (tertiary/aromatic N) is 4. The van der Waals surface area contributed by atoms with Gasteiger partial charge in [0.1, 0.15) is 17.0 Å². The molecule has 0 aliphatic heterocycles. The number of aromatic nitrogens is 4. The molecule has 0 bridgehead atoms. The van der Waals surface area contributed by atoms with Gasteiger partial charge in [-0.25, -0.2) is 18.4 Å².